The van der Waals surface area contributed by atoms with E-state index in [9.17, 15) is 26.7 Å². The van der Waals surface area contributed by atoms with Crippen molar-refractivity contribution < 1.29 is 31.4 Å². The van der Waals surface area contributed by atoms with Crippen LogP contribution in [0.25, 0.3) is 16.8 Å². The molecule has 1 atom stereocenters. The van der Waals surface area contributed by atoms with Crippen LogP contribution < -0.4 is 14.4 Å². The minimum atomic E-state index is -4.62. The van der Waals surface area contributed by atoms with Gasteiger partial charge in [0.15, 0.2) is 6.10 Å². The van der Waals surface area contributed by atoms with Gasteiger partial charge in [-0.3, -0.25) is 4.31 Å². The van der Waals surface area contributed by atoms with Crippen LogP contribution in [0.4, 0.5) is 30.5 Å². The molecule has 43 heavy (non-hydrogen) atoms. The normalized spacial score (nSPS) is 15.9. The number of nitrogens with zero attached hydrogens (tertiary/aromatic N) is 5. The van der Waals surface area contributed by atoms with E-state index in [4.69, 9.17) is 4.74 Å². The van der Waals surface area contributed by atoms with Crippen LogP contribution in [-0.4, -0.2) is 85.4 Å². The van der Waals surface area contributed by atoms with Crippen molar-refractivity contribution >= 4 is 32.9 Å². The van der Waals surface area contributed by atoms with Gasteiger partial charge in [0.25, 0.3) is 0 Å². The molecule has 0 saturated carbocycles. The molecule has 10 nitrogen and oxygen atoms in total. The molecule has 230 valence electrons. The standard InChI is InChI=1S/C29H33F3N6O4S/c1-36(43(3,40)41)24-7-5-4-6-22(24)25-11-9-21-17-33-28(35-38(21)25)34-23-10-8-20(16-26(23)42-2)19-12-14-37(15-13-19)18-27(39)29(30,31)32/h4-11,16-17,19,27,39H,12-15,18H2,1-3H3,(H,34,35). The van der Waals surface area contributed by atoms with E-state index >= 15 is 0 Å². The Hall–Kier alpha value is -3.88. The third-order valence-corrected chi connectivity index (χ3v) is 8.95. The highest BCUT2D eigenvalue weighted by atomic mass is 32.2. The molecule has 2 aromatic heterocycles. The van der Waals surface area contributed by atoms with Crippen molar-refractivity contribution in [3.63, 3.8) is 0 Å². The van der Waals surface area contributed by atoms with Gasteiger partial charge in [0.2, 0.25) is 16.0 Å². The number of aliphatic hydroxyl groups is 1. The number of ether oxygens (including phenoxy) is 1. The molecular formula is C29H33F3N6O4S. The summed E-state index contributed by atoms with van der Waals surface area (Å²) >= 11 is 0. The monoisotopic (exact) mass is 618 g/mol. The first-order chi connectivity index (χ1) is 20.3. The highest BCUT2D eigenvalue weighted by Gasteiger charge is 2.39. The molecule has 3 heterocycles. The highest BCUT2D eigenvalue weighted by molar-refractivity contribution is 7.92. The zero-order valence-corrected chi connectivity index (χ0v) is 24.7. The third-order valence-electron chi connectivity index (χ3n) is 7.76. The summed E-state index contributed by atoms with van der Waals surface area (Å²) in [5.41, 5.74) is 4.23. The number of sulfonamides is 1. The summed E-state index contributed by atoms with van der Waals surface area (Å²) in [4.78, 5) is 6.07. The fraction of sp³-hybridized carbons (Fsp3) is 0.379. The van der Waals surface area contributed by atoms with E-state index in [0.717, 1.165) is 11.8 Å². The van der Waals surface area contributed by atoms with Gasteiger partial charge in [-0.25, -0.2) is 17.9 Å². The van der Waals surface area contributed by atoms with Crippen molar-refractivity contribution in [2.24, 2.45) is 0 Å². The Labute approximate surface area is 247 Å². The molecule has 14 heteroatoms. The Balaban J connectivity index is 1.35. The maximum Gasteiger partial charge on any atom is 0.415 e. The number of benzene rings is 2. The number of nitrogens with one attached hydrogen (secondary N) is 1. The predicted molar refractivity (Wildman–Crippen MR) is 158 cm³/mol. The molecule has 1 unspecified atom stereocenters. The molecule has 2 N–H and O–H groups in total. The van der Waals surface area contributed by atoms with Crippen LogP contribution in [0.5, 0.6) is 5.75 Å². The fourth-order valence-electron chi connectivity index (χ4n) is 5.29. The van der Waals surface area contributed by atoms with E-state index in [1.807, 2.05) is 42.5 Å². The number of para-hydroxylation sites is 1. The zero-order valence-electron chi connectivity index (χ0n) is 23.9. The second-order valence-corrected chi connectivity index (χ2v) is 12.6. The van der Waals surface area contributed by atoms with E-state index in [1.54, 1.807) is 34.9 Å². The molecule has 1 aliphatic heterocycles. The number of β-amino-alcohol motifs (C(OH)–C–C–N with tert-alkyl or cyclic N) is 1. The van der Waals surface area contributed by atoms with E-state index in [-0.39, 0.29) is 5.92 Å². The lowest BCUT2D eigenvalue weighted by Gasteiger charge is -2.33. The number of rotatable bonds is 9. The van der Waals surface area contributed by atoms with Crippen LogP contribution in [0.1, 0.15) is 24.3 Å². The maximum absolute atomic E-state index is 12.7. The highest BCUT2D eigenvalue weighted by Crippen LogP contribution is 2.36. The van der Waals surface area contributed by atoms with E-state index < -0.39 is 28.8 Å². The van der Waals surface area contributed by atoms with Gasteiger partial charge in [0.1, 0.15) is 5.75 Å². The first kappa shape index (κ1) is 30.6. The number of aliphatic hydroxyl groups excluding tert-OH is 1. The van der Waals surface area contributed by atoms with E-state index in [1.165, 1.54) is 11.4 Å². The molecule has 0 bridgehead atoms. The van der Waals surface area contributed by atoms with Gasteiger partial charge in [-0.15, -0.1) is 5.10 Å². The van der Waals surface area contributed by atoms with Crippen molar-refractivity contribution in [1.82, 2.24) is 19.5 Å². The topological polar surface area (TPSA) is 112 Å². The largest absolute Gasteiger partial charge is 0.495 e. The lowest BCUT2D eigenvalue weighted by atomic mass is 9.89. The fourth-order valence-corrected chi connectivity index (χ4v) is 5.81. The summed E-state index contributed by atoms with van der Waals surface area (Å²) in [7, 11) is -0.439. The predicted octanol–water partition coefficient (Wildman–Crippen LogP) is 4.65. The van der Waals surface area contributed by atoms with Crippen LogP contribution in [0.15, 0.2) is 60.8 Å². The Morgan fingerprint density at radius 1 is 1.14 bits per heavy atom. The lowest BCUT2D eigenvalue weighted by Crippen LogP contribution is -2.43. The Morgan fingerprint density at radius 2 is 1.86 bits per heavy atom. The van der Waals surface area contributed by atoms with Gasteiger partial charge in [-0.05, 0) is 67.7 Å². The molecule has 2 aromatic carbocycles. The zero-order chi connectivity index (χ0) is 30.9. The number of likely N-dealkylation sites (tertiary alicyclic amines) is 1. The van der Waals surface area contributed by atoms with Crippen molar-refractivity contribution in [2.75, 3.05) is 49.7 Å². The van der Waals surface area contributed by atoms with E-state index in [2.05, 4.69) is 15.4 Å². The van der Waals surface area contributed by atoms with Crippen LogP contribution in [0.3, 0.4) is 0 Å². The first-order valence-electron chi connectivity index (χ1n) is 13.7. The minimum absolute atomic E-state index is 0.141. The first-order valence-corrected chi connectivity index (χ1v) is 15.5. The SMILES string of the molecule is COc1cc(C2CCN(CC(O)C(F)(F)F)CC2)ccc1Nc1ncc2ccc(-c3ccccc3N(C)S(C)(=O)=O)n2n1. The second-order valence-electron chi connectivity index (χ2n) is 10.6. The van der Waals surface area contributed by atoms with E-state index in [0.29, 0.717) is 65.8 Å². The average Bonchev–Trinajstić information content (AvgIpc) is 3.39. The van der Waals surface area contributed by atoms with Gasteiger partial charge in [-0.1, -0.05) is 24.3 Å². The van der Waals surface area contributed by atoms with Gasteiger partial charge in [0.05, 0.1) is 42.1 Å². The molecule has 1 saturated heterocycles. The van der Waals surface area contributed by atoms with Crippen molar-refractivity contribution in [2.45, 2.75) is 31.0 Å². The smallest absolute Gasteiger partial charge is 0.415 e. The Morgan fingerprint density at radius 3 is 2.53 bits per heavy atom. The Bertz CT molecular complexity index is 1700. The molecule has 1 aliphatic rings. The molecular weight excluding hydrogens is 585 g/mol. The number of halogens is 3. The molecule has 0 amide bonds. The van der Waals surface area contributed by atoms with Crippen molar-refractivity contribution in [1.29, 1.82) is 0 Å². The number of aromatic nitrogens is 3. The number of methoxy groups -OCH3 is 1. The summed E-state index contributed by atoms with van der Waals surface area (Å²) in [5, 5.41) is 17.3. The lowest BCUT2D eigenvalue weighted by molar-refractivity contribution is -0.208. The van der Waals surface area contributed by atoms with Crippen LogP contribution in [0, 0.1) is 0 Å². The van der Waals surface area contributed by atoms with Crippen LogP contribution in [-0.2, 0) is 10.0 Å². The number of anilines is 3. The number of piperidine rings is 1. The van der Waals surface area contributed by atoms with Gasteiger partial charge in [-0.2, -0.15) is 13.2 Å². The minimum Gasteiger partial charge on any atom is -0.495 e. The number of hydrogen-bond acceptors (Lipinski definition) is 8. The van der Waals surface area contributed by atoms with Gasteiger partial charge < -0.3 is 20.1 Å². The van der Waals surface area contributed by atoms with Gasteiger partial charge in [0, 0.05) is 19.2 Å². The van der Waals surface area contributed by atoms with Crippen LogP contribution in [0.2, 0.25) is 0 Å². The van der Waals surface area contributed by atoms with Crippen LogP contribution >= 0.6 is 0 Å². The number of alkyl halides is 3. The maximum atomic E-state index is 12.7. The summed E-state index contributed by atoms with van der Waals surface area (Å²) in [6, 6.07) is 16.6. The van der Waals surface area contributed by atoms with Crippen molar-refractivity contribution in [3.05, 3.63) is 66.4 Å². The molecule has 0 aliphatic carbocycles. The molecule has 0 spiro atoms. The summed E-state index contributed by atoms with van der Waals surface area (Å²) in [6.45, 7) is 0.489. The molecule has 1 fully saturated rings. The average molecular weight is 619 g/mol. The van der Waals surface area contributed by atoms with Gasteiger partial charge >= 0.3 is 6.18 Å². The summed E-state index contributed by atoms with van der Waals surface area (Å²) < 4.78 is 71.3. The summed E-state index contributed by atoms with van der Waals surface area (Å²) in [6.07, 6.45) is -2.84. The molecule has 5 rings (SSSR count). The third kappa shape index (κ3) is 6.71. The summed E-state index contributed by atoms with van der Waals surface area (Å²) in [5.74, 6) is 0.993. The quantitative estimate of drug-likeness (QED) is 0.279. The second kappa shape index (κ2) is 12.0. The molecule has 4 aromatic rings. The van der Waals surface area contributed by atoms with Crippen molar-refractivity contribution in [3.8, 4) is 17.0 Å². The number of fused-ring (bicyclic) bond motifs is 1. The number of hydrogen-bond donors (Lipinski definition) is 2. The molecule has 0 radical (unpaired) electrons. The Kier molecular flexibility index (Phi) is 8.54.